The molecule has 0 unspecified atom stereocenters. The van der Waals surface area contributed by atoms with E-state index in [1.807, 2.05) is 0 Å². The molecule has 0 fully saturated rings. The van der Waals surface area contributed by atoms with E-state index < -0.39 is 40.6 Å². The summed E-state index contributed by atoms with van der Waals surface area (Å²) in [6.07, 6.45) is 0.446. The summed E-state index contributed by atoms with van der Waals surface area (Å²) in [6.45, 7) is 1.73. The average Bonchev–Trinajstić information content (AvgIpc) is 2.43. The third kappa shape index (κ3) is 2.90. The van der Waals surface area contributed by atoms with Crippen LogP contribution in [0.5, 0.6) is 0 Å². The molecule has 0 aliphatic heterocycles. The van der Waals surface area contributed by atoms with Crippen LogP contribution in [0.1, 0.15) is 23.7 Å². The molecule has 3 nitrogen and oxygen atoms in total. The van der Waals surface area contributed by atoms with Crippen molar-refractivity contribution in [2.45, 2.75) is 13.3 Å². The van der Waals surface area contributed by atoms with E-state index in [9.17, 15) is 26.7 Å². The monoisotopic (exact) mass is 296 g/mol. The van der Waals surface area contributed by atoms with Crippen LogP contribution >= 0.6 is 0 Å². The van der Waals surface area contributed by atoms with Crippen LogP contribution in [0, 0.1) is 29.1 Å². The molecule has 0 aliphatic carbocycles. The fraction of sp³-hybridized carbons (Fsp3) is 0.417. The molecule has 1 rings (SSSR count). The molecule has 8 heteroatoms. The predicted molar refractivity (Wildman–Crippen MR) is 61.5 cm³/mol. The Bertz CT molecular complexity index is 486. The summed E-state index contributed by atoms with van der Waals surface area (Å²) in [5, 5.41) is 0. The van der Waals surface area contributed by atoms with Crippen LogP contribution in [0.25, 0.3) is 0 Å². The molecule has 112 valence electrons. The molecule has 20 heavy (non-hydrogen) atoms. The Labute approximate surface area is 112 Å². The van der Waals surface area contributed by atoms with E-state index in [4.69, 9.17) is 5.73 Å². The first-order valence-electron chi connectivity index (χ1n) is 5.87. The van der Waals surface area contributed by atoms with Gasteiger partial charge in [0.15, 0.2) is 23.3 Å². The molecule has 0 atom stereocenters. The summed E-state index contributed by atoms with van der Waals surface area (Å²) >= 11 is 0. The number of nitrogens with zero attached hydrogens (tertiary/aromatic N) is 1. The summed E-state index contributed by atoms with van der Waals surface area (Å²) < 4.78 is 66.0. The van der Waals surface area contributed by atoms with Gasteiger partial charge in [0, 0.05) is 19.6 Å². The van der Waals surface area contributed by atoms with Crippen molar-refractivity contribution in [3.8, 4) is 0 Å². The van der Waals surface area contributed by atoms with E-state index in [1.165, 1.54) is 0 Å². The van der Waals surface area contributed by atoms with Crippen LogP contribution in [0.15, 0.2) is 0 Å². The first-order valence-corrected chi connectivity index (χ1v) is 5.87. The van der Waals surface area contributed by atoms with Crippen molar-refractivity contribution in [1.29, 1.82) is 0 Å². The molecule has 0 radical (unpaired) electrons. The molecule has 0 heterocycles. The average molecular weight is 296 g/mol. The molecule has 0 bridgehead atoms. The van der Waals surface area contributed by atoms with Gasteiger partial charge >= 0.3 is 0 Å². The summed E-state index contributed by atoms with van der Waals surface area (Å²) in [5.74, 6) is -12.1. The van der Waals surface area contributed by atoms with Gasteiger partial charge in [-0.2, -0.15) is 0 Å². The summed E-state index contributed by atoms with van der Waals surface area (Å²) in [4.78, 5) is 12.9. The first-order chi connectivity index (χ1) is 9.36. The minimum atomic E-state index is -2.29. The van der Waals surface area contributed by atoms with Crippen molar-refractivity contribution < 1.29 is 26.7 Å². The molecule has 0 saturated carbocycles. The standard InChI is InChI=1S/C12H13F5N2O/c1-2-4-19(5-3-18)12(20)6-7(13)9(15)11(17)10(16)8(6)14/h2-5,18H2,1H3. The van der Waals surface area contributed by atoms with E-state index in [2.05, 4.69) is 0 Å². The Balaban J connectivity index is 3.34. The second-order valence-electron chi connectivity index (χ2n) is 4.03. The molecule has 0 spiro atoms. The zero-order valence-corrected chi connectivity index (χ0v) is 10.7. The number of carbonyl (C=O) groups excluding carboxylic acids is 1. The number of hydrogen-bond donors (Lipinski definition) is 1. The quantitative estimate of drug-likeness (QED) is 0.514. The minimum absolute atomic E-state index is 0.00113. The fourth-order valence-electron chi connectivity index (χ4n) is 1.69. The molecule has 1 amide bonds. The number of hydrogen-bond acceptors (Lipinski definition) is 2. The lowest BCUT2D eigenvalue weighted by atomic mass is 10.1. The van der Waals surface area contributed by atoms with Gasteiger partial charge < -0.3 is 10.6 Å². The lowest BCUT2D eigenvalue weighted by Crippen LogP contribution is -2.37. The third-order valence-corrected chi connectivity index (χ3v) is 2.60. The lowest BCUT2D eigenvalue weighted by Gasteiger charge is -2.22. The maximum atomic E-state index is 13.5. The fourth-order valence-corrected chi connectivity index (χ4v) is 1.69. The highest BCUT2D eigenvalue weighted by Crippen LogP contribution is 2.24. The van der Waals surface area contributed by atoms with Crippen molar-refractivity contribution in [3.05, 3.63) is 34.6 Å². The highest BCUT2D eigenvalue weighted by atomic mass is 19.2. The van der Waals surface area contributed by atoms with Crippen LogP contribution in [0.3, 0.4) is 0 Å². The zero-order chi connectivity index (χ0) is 15.4. The van der Waals surface area contributed by atoms with Crippen molar-refractivity contribution >= 4 is 5.91 Å². The Hall–Kier alpha value is -1.70. The van der Waals surface area contributed by atoms with Crippen LogP contribution in [0.4, 0.5) is 22.0 Å². The topological polar surface area (TPSA) is 46.3 Å². The van der Waals surface area contributed by atoms with Crippen LogP contribution < -0.4 is 5.73 Å². The van der Waals surface area contributed by atoms with Gasteiger partial charge in [0.2, 0.25) is 5.82 Å². The lowest BCUT2D eigenvalue weighted by molar-refractivity contribution is 0.0747. The third-order valence-electron chi connectivity index (χ3n) is 2.60. The van der Waals surface area contributed by atoms with E-state index in [0.717, 1.165) is 4.90 Å². The maximum Gasteiger partial charge on any atom is 0.260 e. The number of amides is 1. The molecule has 1 aromatic carbocycles. The number of benzene rings is 1. The Morgan fingerprint density at radius 1 is 0.950 bits per heavy atom. The van der Waals surface area contributed by atoms with Crippen molar-refractivity contribution in [2.24, 2.45) is 5.73 Å². The number of carbonyl (C=O) groups is 1. The highest BCUT2D eigenvalue weighted by molar-refractivity contribution is 5.94. The Morgan fingerprint density at radius 3 is 1.80 bits per heavy atom. The number of rotatable bonds is 5. The summed E-state index contributed by atoms with van der Waals surface area (Å²) in [6, 6.07) is 0. The van der Waals surface area contributed by atoms with E-state index in [0.29, 0.717) is 6.42 Å². The number of halogens is 5. The van der Waals surface area contributed by atoms with E-state index in [1.54, 1.807) is 6.92 Å². The van der Waals surface area contributed by atoms with Crippen molar-refractivity contribution in [3.63, 3.8) is 0 Å². The molecule has 0 saturated heterocycles. The van der Waals surface area contributed by atoms with Gasteiger partial charge in [0.1, 0.15) is 5.56 Å². The molecule has 0 aromatic heterocycles. The number of nitrogens with two attached hydrogens (primary N) is 1. The second-order valence-corrected chi connectivity index (χ2v) is 4.03. The predicted octanol–water partition coefficient (Wildman–Crippen LogP) is 2.19. The largest absolute Gasteiger partial charge is 0.337 e. The molecular formula is C12H13F5N2O. The molecule has 2 N–H and O–H groups in total. The van der Waals surface area contributed by atoms with Gasteiger partial charge in [0.25, 0.3) is 5.91 Å². The van der Waals surface area contributed by atoms with Gasteiger partial charge in [-0.05, 0) is 6.42 Å². The summed E-state index contributed by atoms with van der Waals surface area (Å²) in [5.41, 5.74) is 3.79. The van der Waals surface area contributed by atoms with Crippen molar-refractivity contribution in [1.82, 2.24) is 4.90 Å². The van der Waals surface area contributed by atoms with Gasteiger partial charge in [-0.25, -0.2) is 22.0 Å². The second kappa shape index (κ2) is 6.65. The highest BCUT2D eigenvalue weighted by Gasteiger charge is 2.31. The SMILES string of the molecule is CCCN(CCN)C(=O)c1c(F)c(F)c(F)c(F)c1F. The van der Waals surface area contributed by atoms with Crippen LogP contribution in [0.2, 0.25) is 0 Å². The zero-order valence-electron chi connectivity index (χ0n) is 10.7. The van der Waals surface area contributed by atoms with Gasteiger partial charge in [-0.3, -0.25) is 4.79 Å². The minimum Gasteiger partial charge on any atom is -0.337 e. The summed E-state index contributed by atoms with van der Waals surface area (Å²) in [7, 11) is 0. The Morgan fingerprint density at radius 2 is 1.40 bits per heavy atom. The smallest absolute Gasteiger partial charge is 0.260 e. The molecular weight excluding hydrogens is 283 g/mol. The van der Waals surface area contributed by atoms with Crippen LogP contribution in [-0.4, -0.2) is 30.4 Å². The molecule has 0 aliphatic rings. The van der Waals surface area contributed by atoms with Gasteiger partial charge in [0.05, 0.1) is 0 Å². The van der Waals surface area contributed by atoms with Crippen LogP contribution in [-0.2, 0) is 0 Å². The van der Waals surface area contributed by atoms with E-state index in [-0.39, 0.29) is 19.6 Å². The van der Waals surface area contributed by atoms with Gasteiger partial charge in [-0.1, -0.05) is 6.92 Å². The maximum absolute atomic E-state index is 13.5. The molecule has 1 aromatic rings. The first kappa shape index (κ1) is 16.4. The normalized spacial score (nSPS) is 10.8. The van der Waals surface area contributed by atoms with E-state index >= 15 is 0 Å². The Kier molecular flexibility index (Phi) is 5.43. The van der Waals surface area contributed by atoms with Gasteiger partial charge in [-0.15, -0.1) is 0 Å². The van der Waals surface area contributed by atoms with Crippen molar-refractivity contribution in [2.75, 3.05) is 19.6 Å².